The second-order valence-electron chi connectivity index (χ2n) is 4.02. The van der Waals surface area contributed by atoms with Gasteiger partial charge in [0.2, 0.25) is 0 Å². The maximum atomic E-state index is 13.5. The highest BCUT2D eigenvalue weighted by Crippen LogP contribution is 2.14. The molecule has 0 radical (unpaired) electrons. The van der Waals surface area contributed by atoms with Gasteiger partial charge in [-0.2, -0.15) is 0 Å². The van der Waals surface area contributed by atoms with E-state index in [2.05, 4.69) is 0 Å². The summed E-state index contributed by atoms with van der Waals surface area (Å²) in [6.07, 6.45) is 0. The van der Waals surface area contributed by atoms with E-state index >= 15 is 0 Å². The second kappa shape index (κ2) is 4.75. The standard InChI is InChI=1S/C12H9F3N2O2/c1-6-2-11(18)16-12(19)17(6)5-7-3-9(14)10(15)4-8(7)13/h2-4H,5H2,1H3,(H,16,18,19). The fraction of sp³-hybridized carbons (Fsp3) is 0.167. The van der Waals surface area contributed by atoms with Crippen LogP contribution < -0.4 is 11.2 Å². The summed E-state index contributed by atoms with van der Waals surface area (Å²) in [6.45, 7) is 1.18. The Balaban J connectivity index is 2.51. The topological polar surface area (TPSA) is 54.9 Å². The van der Waals surface area contributed by atoms with Crippen LogP contribution in [0.1, 0.15) is 11.3 Å². The molecule has 100 valence electrons. The smallest absolute Gasteiger partial charge is 0.293 e. The quantitative estimate of drug-likeness (QED) is 0.836. The zero-order valence-corrected chi connectivity index (χ0v) is 9.84. The minimum atomic E-state index is -1.30. The number of aryl methyl sites for hydroxylation is 1. The number of rotatable bonds is 2. The Bertz CT molecular complexity index is 750. The summed E-state index contributed by atoms with van der Waals surface area (Å²) in [5.74, 6) is -3.46. The van der Waals surface area contributed by atoms with Crippen LogP contribution in [0.25, 0.3) is 0 Å². The van der Waals surface area contributed by atoms with Gasteiger partial charge >= 0.3 is 5.69 Å². The fourth-order valence-electron chi connectivity index (χ4n) is 1.69. The number of nitrogens with zero attached hydrogens (tertiary/aromatic N) is 1. The van der Waals surface area contributed by atoms with Gasteiger partial charge in [-0.15, -0.1) is 0 Å². The molecule has 1 heterocycles. The highest BCUT2D eigenvalue weighted by atomic mass is 19.2. The van der Waals surface area contributed by atoms with Gasteiger partial charge < -0.3 is 0 Å². The molecule has 0 spiro atoms. The highest BCUT2D eigenvalue weighted by molar-refractivity contribution is 5.21. The van der Waals surface area contributed by atoms with Crippen LogP contribution in [0.2, 0.25) is 0 Å². The Morgan fingerprint density at radius 2 is 1.68 bits per heavy atom. The number of aromatic amines is 1. The molecule has 2 rings (SSSR count). The van der Waals surface area contributed by atoms with E-state index in [9.17, 15) is 22.8 Å². The van der Waals surface area contributed by atoms with Gasteiger partial charge in [0.15, 0.2) is 11.6 Å². The summed E-state index contributed by atoms with van der Waals surface area (Å²) < 4.78 is 40.3. The SMILES string of the molecule is Cc1cc(=O)[nH]c(=O)n1Cc1cc(F)c(F)cc1F. The van der Waals surface area contributed by atoms with Crippen molar-refractivity contribution in [2.24, 2.45) is 0 Å². The molecule has 1 aromatic heterocycles. The monoisotopic (exact) mass is 270 g/mol. The number of H-pyrrole nitrogens is 1. The summed E-state index contributed by atoms with van der Waals surface area (Å²) in [6, 6.07) is 2.25. The van der Waals surface area contributed by atoms with Crippen molar-refractivity contribution in [2.75, 3.05) is 0 Å². The van der Waals surface area contributed by atoms with E-state index in [0.717, 1.165) is 10.6 Å². The normalized spacial score (nSPS) is 10.7. The van der Waals surface area contributed by atoms with Gasteiger partial charge in [-0.1, -0.05) is 0 Å². The van der Waals surface area contributed by atoms with E-state index in [0.29, 0.717) is 12.1 Å². The first-order valence-electron chi connectivity index (χ1n) is 5.32. The third-order valence-corrected chi connectivity index (χ3v) is 2.66. The van der Waals surface area contributed by atoms with E-state index in [-0.39, 0.29) is 17.8 Å². The first kappa shape index (κ1) is 13.1. The van der Waals surface area contributed by atoms with Crippen LogP contribution in [0.5, 0.6) is 0 Å². The van der Waals surface area contributed by atoms with Crippen molar-refractivity contribution < 1.29 is 13.2 Å². The third kappa shape index (κ3) is 2.59. The Kier molecular flexibility index (Phi) is 3.28. The van der Waals surface area contributed by atoms with Crippen LogP contribution in [-0.4, -0.2) is 9.55 Å². The van der Waals surface area contributed by atoms with Gasteiger partial charge in [0.25, 0.3) is 5.56 Å². The molecule has 0 amide bonds. The summed E-state index contributed by atoms with van der Waals surface area (Å²) >= 11 is 0. The van der Waals surface area contributed by atoms with Crippen LogP contribution in [0.15, 0.2) is 27.8 Å². The van der Waals surface area contributed by atoms with Crippen LogP contribution in [0, 0.1) is 24.4 Å². The fourth-order valence-corrected chi connectivity index (χ4v) is 1.69. The molecule has 0 aliphatic carbocycles. The molecule has 0 aliphatic heterocycles. The van der Waals surface area contributed by atoms with Crippen molar-refractivity contribution >= 4 is 0 Å². The van der Waals surface area contributed by atoms with Gasteiger partial charge in [0.1, 0.15) is 5.82 Å². The van der Waals surface area contributed by atoms with Crippen molar-refractivity contribution in [3.05, 3.63) is 67.7 Å². The molecule has 4 nitrogen and oxygen atoms in total. The average molecular weight is 270 g/mol. The molecule has 0 saturated carbocycles. The van der Waals surface area contributed by atoms with E-state index in [1.807, 2.05) is 4.98 Å². The molecule has 1 aromatic carbocycles. The molecule has 0 atom stereocenters. The van der Waals surface area contributed by atoms with Gasteiger partial charge in [-0.25, -0.2) is 18.0 Å². The molecule has 0 aliphatic rings. The molecule has 0 fully saturated rings. The molecule has 0 unspecified atom stereocenters. The predicted octanol–water partition coefficient (Wildman–Crippen LogP) is 1.31. The second-order valence-corrected chi connectivity index (χ2v) is 4.02. The molecular formula is C12H9F3N2O2. The molecule has 19 heavy (non-hydrogen) atoms. The van der Waals surface area contributed by atoms with E-state index in [4.69, 9.17) is 0 Å². The number of benzene rings is 1. The van der Waals surface area contributed by atoms with Crippen LogP contribution >= 0.6 is 0 Å². The lowest BCUT2D eigenvalue weighted by Crippen LogP contribution is -2.31. The lowest BCUT2D eigenvalue weighted by atomic mass is 10.2. The Labute approximate surface area is 105 Å². The number of aromatic nitrogens is 2. The number of hydrogen-bond donors (Lipinski definition) is 1. The van der Waals surface area contributed by atoms with Crippen LogP contribution in [0.4, 0.5) is 13.2 Å². The van der Waals surface area contributed by atoms with Crippen molar-refractivity contribution in [3.8, 4) is 0 Å². The number of nitrogens with one attached hydrogen (secondary N) is 1. The summed E-state index contributed by atoms with van der Waals surface area (Å²) in [7, 11) is 0. The third-order valence-electron chi connectivity index (χ3n) is 2.66. The minimum absolute atomic E-state index is 0.184. The van der Waals surface area contributed by atoms with Crippen molar-refractivity contribution in [1.82, 2.24) is 9.55 Å². The summed E-state index contributed by atoms with van der Waals surface area (Å²) in [5, 5.41) is 0. The zero-order valence-electron chi connectivity index (χ0n) is 9.84. The summed E-state index contributed by atoms with van der Waals surface area (Å²) in [4.78, 5) is 24.6. The molecule has 2 aromatic rings. The van der Waals surface area contributed by atoms with E-state index < -0.39 is 28.7 Å². The first-order valence-corrected chi connectivity index (χ1v) is 5.32. The van der Waals surface area contributed by atoms with Crippen LogP contribution in [0.3, 0.4) is 0 Å². The van der Waals surface area contributed by atoms with Gasteiger partial charge in [0.05, 0.1) is 6.54 Å². The lowest BCUT2D eigenvalue weighted by Gasteiger charge is -2.09. The van der Waals surface area contributed by atoms with Crippen molar-refractivity contribution in [3.63, 3.8) is 0 Å². The van der Waals surface area contributed by atoms with Gasteiger partial charge in [-0.3, -0.25) is 14.3 Å². The predicted molar refractivity (Wildman–Crippen MR) is 61.5 cm³/mol. The number of hydrogen-bond acceptors (Lipinski definition) is 2. The van der Waals surface area contributed by atoms with Crippen molar-refractivity contribution in [2.45, 2.75) is 13.5 Å². The van der Waals surface area contributed by atoms with E-state index in [1.165, 1.54) is 6.92 Å². The van der Waals surface area contributed by atoms with Gasteiger partial charge in [-0.05, 0) is 13.0 Å². The lowest BCUT2D eigenvalue weighted by molar-refractivity contribution is 0.487. The first-order chi connectivity index (χ1) is 8.88. The highest BCUT2D eigenvalue weighted by Gasteiger charge is 2.12. The Morgan fingerprint density at radius 3 is 2.32 bits per heavy atom. The molecular weight excluding hydrogens is 261 g/mol. The zero-order chi connectivity index (χ0) is 14.2. The minimum Gasteiger partial charge on any atom is -0.293 e. The number of halogens is 3. The Hall–Kier alpha value is -2.31. The van der Waals surface area contributed by atoms with E-state index in [1.54, 1.807) is 0 Å². The Morgan fingerprint density at radius 1 is 1.05 bits per heavy atom. The molecule has 7 heteroatoms. The van der Waals surface area contributed by atoms with Crippen molar-refractivity contribution in [1.29, 1.82) is 0 Å². The molecule has 0 bridgehead atoms. The molecule has 0 saturated heterocycles. The summed E-state index contributed by atoms with van der Waals surface area (Å²) in [5.41, 5.74) is -1.22. The maximum absolute atomic E-state index is 13.5. The maximum Gasteiger partial charge on any atom is 0.328 e. The van der Waals surface area contributed by atoms with Crippen LogP contribution in [-0.2, 0) is 6.54 Å². The largest absolute Gasteiger partial charge is 0.328 e. The average Bonchev–Trinajstić information content (AvgIpc) is 2.29. The molecule has 1 N–H and O–H groups in total. The van der Waals surface area contributed by atoms with Gasteiger partial charge in [0, 0.05) is 23.4 Å².